The molecule has 0 aliphatic carbocycles. The summed E-state index contributed by atoms with van der Waals surface area (Å²) in [7, 11) is 0. The molecule has 21 heavy (non-hydrogen) atoms. The maximum absolute atomic E-state index is 6.58. The maximum atomic E-state index is 6.58. The van der Waals surface area contributed by atoms with Crippen LogP contribution in [0.25, 0.3) is 0 Å². The summed E-state index contributed by atoms with van der Waals surface area (Å²) in [6.45, 7) is 4.45. The third-order valence-corrected chi connectivity index (χ3v) is 4.83. The molecule has 0 saturated heterocycles. The van der Waals surface area contributed by atoms with E-state index in [0.717, 1.165) is 21.2 Å². The highest BCUT2D eigenvalue weighted by molar-refractivity contribution is 9.10. The largest absolute Gasteiger partial charge is 0.492 e. The Morgan fingerprint density at radius 2 is 1.81 bits per heavy atom. The molecule has 2 aromatic carbocycles. The van der Waals surface area contributed by atoms with E-state index in [9.17, 15) is 0 Å². The number of halogens is 4. The Bertz CT molecular complexity index is 658. The van der Waals surface area contributed by atoms with Crippen LogP contribution < -0.4 is 4.74 Å². The van der Waals surface area contributed by atoms with Crippen molar-refractivity contribution in [3.05, 3.63) is 61.5 Å². The molecule has 1 atom stereocenters. The highest BCUT2D eigenvalue weighted by Gasteiger charge is 2.19. The molecule has 0 aromatic heterocycles. The van der Waals surface area contributed by atoms with Gasteiger partial charge in [0.15, 0.2) is 0 Å². The van der Waals surface area contributed by atoms with Gasteiger partial charge in [-0.15, -0.1) is 11.6 Å². The van der Waals surface area contributed by atoms with Crippen LogP contribution in [0.15, 0.2) is 34.8 Å². The Morgan fingerprint density at radius 1 is 1.10 bits per heavy atom. The summed E-state index contributed by atoms with van der Waals surface area (Å²) in [5.41, 5.74) is 2.87. The van der Waals surface area contributed by atoms with Gasteiger partial charge in [-0.1, -0.05) is 51.3 Å². The van der Waals surface area contributed by atoms with E-state index in [0.29, 0.717) is 22.4 Å². The molecule has 2 aromatic rings. The fourth-order valence-corrected chi connectivity index (χ4v) is 3.78. The summed E-state index contributed by atoms with van der Waals surface area (Å²) in [6.07, 6.45) is 0. The minimum absolute atomic E-state index is 0.388. The van der Waals surface area contributed by atoms with E-state index in [1.165, 1.54) is 0 Å². The van der Waals surface area contributed by atoms with E-state index >= 15 is 0 Å². The quantitative estimate of drug-likeness (QED) is 0.506. The number of rotatable bonds is 4. The first-order chi connectivity index (χ1) is 9.93. The lowest BCUT2D eigenvalue weighted by Crippen LogP contribution is -1.99. The van der Waals surface area contributed by atoms with Crippen molar-refractivity contribution in [2.45, 2.75) is 19.2 Å². The van der Waals surface area contributed by atoms with Gasteiger partial charge in [0.25, 0.3) is 0 Å². The number of ether oxygens (including phenoxy) is 1. The van der Waals surface area contributed by atoms with Crippen LogP contribution in [-0.2, 0) is 0 Å². The lowest BCUT2D eigenvalue weighted by Gasteiger charge is -2.16. The fourth-order valence-electron chi connectivity index (χ4n) is 2.01. The summed E-state index contributed by atoms with van der Waals surface area (Å²) in [5, 5.41) is 0.654. The van der Waals surface area contributed by atoms with Gasteiger partial charge in [-0.3, -0.25) is 0 Å². The predicted molar refractivity (Wildman–Crippen MR) is 94.2 cm³/mol. The molecule has 1 unspecified atom stereocenters. The van der Waals surface area contributed by atoms with Gasteiger partial charge in [0.1, 0.15) is 5.75 Å². The highest BCUT2D eigenvalue weighted by atomic mass is 79.9. The molecule has 0 aliphatic heterocycles. The average Bonchev–Trinajstić information content (AvgIpc) is 2.42. The summed E-state index contributed by atoms with van der Waals surface area (Å²) in [4.78, 5) is 0. The molecule has 2 rings (SSSR count). The number of benzene rings is 2. The third kappa shape index (κ3) is 3.87. The van der Waals surface area contributed by atoms with Crippen molar-refractivity contribution < 1.29 is 4.74 Å². The summed E-state index contributed by atoms with van der Waals surface area (Å²) < 4.78 is 6.38. The summed E-state index contributed by atoms with van der Waals surface area (Å²) >= 11 is 22.7. The van der Waals surface area contributed by atoms with E-state index in [2.05, 4.69) is 15.9 Å². The zero-order valence-electron chi connectivity index (χ0n) is 11.6. The minimum Gasteiger partial charge on any atom is -0.492 e. The van der Waals surface area contributed by atoms with Crippen LogP contribution in [-0.4, -0.2) is 6.61 Å². The number of hydrogen-bond acceptors (Lipinski definition) is 1. The van der Waals surface area contributed by atoms with Crippen molar-refractivity contribution in [3.8, 4) is 5.75 Å². The van der Waals surface area contributed by atoms with Gasteiger partial charge in [-0.25, -0.2) is 0 Å². The Morgan fingerprint density at radius 3 is 2.43 bits per heavy atom. The summed E-state index contributed by atoms with van der Waals surface area (Å²) in [5.74, 6) is 0.569. The van der Waals surface area contributed by atoms with E-state index in [4.69, 9.17) is 39.5 Å². The molecule has 0 amide bonds. The lowest BCUT2D eigenvalue weighted by molar-refractivity contribution is 0.340. The van der Waals surface area contributed by atoms with Crippen LogP contribution in [0.1, 0.15) is 29.0 Å². The first-order valence-corrected chi connectivity index (χ1v) is 8.44. The van der Waals surface area contributed by atoms with E-state index in [1.807, 2.05) is 32.0 Å². The monoisotopic (exact) mass is 406 g/mol. The number of hydrogen-bond donors (Lipinski definition) is 0. The van der Waals surface area contributed by atoms with Gasteiger partial charge < -0.3 is 4.74 Å². The number of alkyl halides is 1. The Kier molecular flexibility index (Phi) is 5.84. The molecule has 5 heteroatoms. The molecule has 0 N–H and O–H groups in total. The zero-order valence-corrected chi connectivity index (χ0v) is 15.4. The van der Waals surface area contributed by atoms with Crippen molar-refractivity contribution in [3.63, 3.8) is 0 Å². The SMILES string of the molecule is CCOc1cc(Cl)c(C(Cl)c2ccc(C)cc2Br)cc1Cl. The standard InChI is InChI=1S/C16H14BrCl3O/c1-3-21-15-8-13(18)11(7-14(15)19)16(20)10-5-4-9(2)6-12(10)17/h4-8,16H,3H2,1-2H3. The molecule has 0 bridgehead atoms. The second-order valence-corrected chi connectivity index (χ2v) is 6.73. The molecule has 0 saturated carbocycles. The van der Waals surface area contributed by atoms with Crippen molar-refractivity contribution in [1.29, 1.82) is 0 Å². The van der Waals surface area contributed by atoms with Crippen LogP contribution in [0.5, 0.6) is 5.75 Å². The molecule has 0 radical (unpaired) electrons. The van der Waals surface area contributed by atoms with E-state index in [-0.39, 0.29) is 5.38 Å². The molecular formula is C16H14BrCl3O. The van der Waals surface area contributed by atoms with Crippen molar-refractivity contribution in [2.75, 3.05) is 6.61 Å². The smallest absolute Gasteiger partial charge is 0.139 e. The van der Waals surface area contributed by atoms with Gasteiger partial charge >= 0.3 is 0 Å². The van der Waals surface area contributed by atoms with Gasteiger partial charge in [-0.2, -0.15) is 0 Å². The first-order valence-electron chi connectivity index (χ1n) is 6.46. The van der Waals surface area contributed by atoms with Crippen LogP contribution in [0.3, 0.4) is 0 Å². The van der Waals surface area contributed by atoms with Crippen molar-refractivity contribution >= 4 is 50.7 Å². The maximum Gasteiger partial charge on any atom is 0.139 e. The van der Waals surface area contributed by atoms with E-state index < -0.39 is 0 Å². The van der Waals surface area contributed by atoms with Crippen LogP contribution in [0.4, 0.5) is 0 Å². The van der Waals surface area contributed by atoms with Crippen molar-refractivity contribution in [1.82, 2.24) is 0 Å². The van der Waals surface area contributed by atoms with Gasteiger partial charge in [0.2, 0.25) is 0 Å². The normalized spacial score (nSPS) is 12.3. The predicted octanol–water partition coefficient (Wildman–Crippen LogP) is 6.79. The molecule has 0 heterocycles. The first kappa shape index (κ1) is 17.0. The topological polar surface area (TPSA) is 9.23 Å². The molecule has 0 spiro atoms. The second-order valence-electron chi connectivity index (χ2n) is 4.62. The number of aryl methyl sites for hydroxylation is 1. The molecule has 0 aliphatic rings. The van der Waals surface area contributed by atoms with Gasteiger partial charge in [0.05, 0.1) is 17.0 Å². The summed E-state index contributed by atoms with van der Waals surface area (Å²) in [6, 6.07) is 9.49. The van der Waals surface area contributed by atoms with Crippen LogP contribution in [0, 0.1) is 6.92 Å². The van der Waals surface area contributed by atoms with Crippen molar-refractivity contribution in [2.24, 2.45) is 0 Å². The fraction of sp³-hybridized carbons (Fsp3) is 0.250. The molecule has 0 fully saturated rings. The Labute approximate surface area is 148 Å². The Hall–Kier alpha value is -0.410. The third-order valence-electron chi connectivity index (χ3n) is 3.05. The lowest BCUT2D eigenvalue weighted by atomic mass is 10.0. The molecular weight excluding hydrogens is 394 g/mol. The highest BCUT2D eigenvalue weighted by Crippen LogP contribution is 2.41. The Balaban J connectivity index is 2.43. The van der Waals surface area contributed by atoms with Gasteiger partial charge in [0, 0.05) is 15.6 Å². The minimum atomic E-state index is -0.388. The van der Waals surface area contributed by atoms with E-state index in [1.54, 1.807) is 12.1 Å². The average molecular weight is 409 g/mol. The van der Waals surface area contributed by atoms with Gasteiger partial charge in [-0.05, 0) is 42.7 Å². The zero-order chi connectivity index (χ0) is 15.6. The van der Waals surface area contributed by atoms with Crippen LogP contribution >= 0.6 is 50.7 Å². The molecule has 112 valence electrons. The van der Waals surface area contributed by atoms with Crippen LogP contribution in [0.2, 0.25) is 10.0 Å². The molecule has 1 nitrogen and oxygen atoms in total. The second kappa shape index (κ2) is 7.23.